The van der Waals surface area contributed by atoms with E-state index in [4.69, 9.17) is 4.74 Å². The molecule has 100 valence electrons. The molecule has 1 aromatic heterocycles. The number of hydrogen-bond acceptors (Lipinski definition) is 2. The fourth-order valence-electron chi connectivity index (χ4n) is 2.32. The lowest BCUT2D eigenvalue weighted by atomic mass is 10.1. The molecule has 0 aliphatic heterocycles. The minimum Gasteiger partial charge on any atom is -0.489 e. The van der Waals surface area contributed by atoms with Gasteiger partial charge in [0.25, 0.3) is 0 Å². The van der Waals surface area contributed by atoms with Gasteiger partial charge in [-0.3, -0.25) is 4.98 Å². The van der Waals surface area contributed by atoms with Gasteiger partial charge in [0.05, 0.1) is 5.52 Å². The van der Waals surface area contributed by atoms with E-state index in [1.807, 2.05) is 30.5 Å². The van der Waals surface area contributed by atoms with Crippen molar-refractivity contribution < 1.29 is 4.74 Å². The van der Waals surface area contributed by atoms with E-state index in [1.165, 1.54) is 11.1 Å². The smallest absolute Gasteiger partial charge is 0.122 e. The van der Waals surface area contributed by atoms with Gasteiger partial charge in [-0.2, -0.15) is 0 Å². The van der Waals surface area contributed by atoms with E-state index in [-0.39, 0.29) is 0 Å². The van der Waals surface area contributed by atoms with Crippen molar-refractivity contribution in [1.82, 2.24) is 4.98 Å². The summed E-state index contributed by atoms with van der Waals surface area (Å²) < 4.78 is 5.97. The summed E-state index contributed by atoms with van der Waals surface area (Å²) in [5.74, 6) is 0.943. The lowest BCUT2D eigenvalue weighted by Gasteiger charge is -2.12. The van der Waals surface area contributed by atoms with Gasteiger partial charge in [-0.05, 0) is 37.1 Å². The first kappa shape index (κ1) is 12.7. The summed E-state index contributed by atoms with van der Waals surface area (Å²) in [5.41, 5.74) is 4.57. The number of ether oxygens (including phenoxy) is 1. The maximum absolute atomic E-state index is 5.97. The Bertz CT molecular complexity index is 744. The fraction of sp³-hybridized carbons (Fsp3) is 0.167. The van der Waals surface area contributed by atoms with E-state index in [1.54, 1.807) is 0 Å². The highest BCUT2D eigenvalue weighted by atomic mass is 16.5. The largest absolute Gasteiger partial charge is 0.489 e. The summed E-state index contributed by atoms with van der Waals surface area (Å²) in [4.78, 5) is 4.45. The van der Waals surface area contributed by atoms with Crippen LogP contribution in [-0.2, 0) is 6.61 Å². The third-order valence-electron chi connectivity index (χ3n) is 3.65. The normalized spacial score (nSPS) is 10.7. The van der Waals surface area contributed by atoms with Crippen LogP contribution >= 0.6 is 0 Å². The quantitative estimate of drug-likeness (QED) is 0.697. The molecule has 0 atom stereocenters. The van der Waals surface area contributed by atoms with Crippen molar-refractivity contribution in [3.05, 3.63) is 71.4 Å². The van der Waals surface area contributed by atoms with Crippen LogP contribution in [0.15, 0.2) is 54.7 Å². The molecule has 1 heterocycles. The Hall–Kier alpha value is -2.35. The summed E-state index contributed by atoms with van der Waals surface area (Å²) in [6.45, 7) is 4.73. The average Bonchev–Trinajstić information content (AvgIpc) is 2.49. The highest BCUT2D eigenvalue weighted by molar-refractivity contribution is 5.81. The van der Waals surface area contributed by atoms with Crippen molar-refractivity contribution in [2.75, 3.05) is 0 Å². The second kappa shape index (κ2) is 5.33. The Labute approximate surface area is 119 Å². The molecule has 0 amide bonds. The summed E-state index contributed by atoms with van der Waals surface area (Å²) in [6.07, 6.45) is 1.82. The van der Waals surface area contributed by atoms with E-state index in [2.05, 4.69) is 43.1 Å². The molecule has 3 rings (SSSR count). The van der Waals surface area contributed by atoms with Gasteiger partial charge in [0.1, 0.15) is 12.4 Å². The standard InChI is InChI=1S/C18H17NO/c1-13-6-3-10-17(14(13)2)20-12-16-8-4-7-15-9-5-11-19-18(15)16/h3-11H,12H2,1-2H3. The highest BCUT2D eigenvalue weighted by Crippen LogP contribution is 2.23. The maximum Gasteiger partial charge on any atom is 0.122 e. The summed E-state index contributed by atoms with van der Waals surface area (Å²) >= 11 is 0. The van der Waals surface area contributed by atoms with Gasteiger partial charge in [0, 0.05) is 17.1 Å². The number of nitrogens with zero attached hydrogens (tertiary/aromatic N) is 1. The first-order valence-electron chi connectivity index (χ1n) is 6.77. The van der Waals surface area contributed by atoms with Gasteiger partial charge >= 0.3 is 0 Å². The molecule has 0 fully saturated rings. The van der Waals surface area contributed by atoms with Crippen LogP contribution in [0.2, 0.25) is 0 Å². The van der Waals surface area contributed by atoms with Crippen LogP contribution in [0, 0.1) is 13.8 Å². The second-order valence-corrected chi connectivity index (χ2v) is 4.98. The lowest BCUT2D eigenvalue weighted by Crippen LogP contribution is -1.99. The van der Waals surface area contributed by atoms with Crippen LogP contribution in [0.1, 0.15) is 16.7 Å². The Morgan fingerprint density at radius 2 is 1.75 bits per heavy atom. The van der Waals surface area contributed by atoms with Gasteiger partial charge in [0.15, 0.2) is 0 Å². The molecule has 0 aliphatic carbocycles. The van der Waals surface area contributed by atoms with Gasteiger partial charge in [-0.1, -0.05) is 36.4 Å². The zero-order chi connectivity index (χ0) is 13.9. The van der Waals surface area contributed by atoms with Crippen LogP contribution < -0.4 is 4.74 Å². The van der Waals surface area contributed by atoms with Crippen LogP contribution in [-0.4, -0.2) is 4.98 Å². The Kier molecular flexibility index (Phi) is 3.38. The molecule has 2 nitrogen and oxygen atoms in total. The number of rotatable bonds is 3. The number of hydrogen-bond donors (Lipinski definition) is 0. The molecule has 20 heavy (non-hydrogen) atoms. The third-order valence-corrected chi connectivity index (χ3v) is 3.65. The molecule has 0 spiro atoms. The van der Waals surface area contributed by atoms with Crippen LogP contribution in [0.5, 0.6) is 5.75 Å². The van der Waals surface area contributed by atoms with Crippen molar-refractivity contribution in [1.29, 1.82) is 0 Å². The fourth-order valence-corrected chi connectivity index (χ4v) is 2.32. The third kappa shape index (κ3) is 2.37. The predicted octanol–water partition coefficient (Wildman–Crippen LogP) is 4.43. The Balaban J connectivity index is 1.89. The van der Waals surface area contributed by atoms with Crippen molar-refractivity contribution in [3.63, 3.8) is 0 Å². The van der Waals surface area contributed by atoms with Crippen molar-refractivity contribution >= 4 is 10.9 Å². The zero-order valence-corrected chi connectivity index (χ0v) is 11.8. The zero-order valence-electron chi connectivity index (χ0n) is 11.8. The molecule has 2 heteroatoms. The molecule has 0 bridgehead atoms. The number of pyridine rings is 1. The predicted molar refractivity (Wildman–Crippen MR) is 82.0 cm³/mol. The van der Waals surface area contributed by atoms with Crippen molar-refractivity contribution in [3.8, 4) is 5.75 Å². The van der Waals surface area contributed by atoms with E-state index < -0.39 is 0 Å². The van der Waals surface area contributed by atoms with E-state index in [0.29, 0.717) is 6.61 Å². The molecule has 0 radical (unpaired) electrons. The van der Waals surface area contributed by atoms with Gasteiger partial charge < -0.3 is 4.74 Å². The SMILES string of the molecule is Cc1cccc(OCc2cccc3cccnc23)c1C. The van der Waals surface area contributed by atoms with Crippen LogP contribution in [0.25, 0.3) is 10.9 Å². The molecule has 0 aliphatic rings. The van der Waals surface area contributed by atoms with E-state index >= 15 is 0 Å². The Morgan fingerprint density at radius 1 is 0.950 bits per heavy atom. The van der Waals surface area contributed by atoms with Crippen LogP contribution in [0.4, 0.5) is 0 Å². The average molecular weight is 263 g/mol. The lowest BCUT2D eigenvalue weighted by molar-refractivity contribution is 0.305. The van der Waals surface area contributed by atoms with Gasteiger partial charge in [-0.25, -0.2) is 0 Å². The summed E-state index contributed by atoms with van der Waals surface area (Å²) in [6, 6.07) is 16.4. The molecule has 0 saturated heterocycles. The molecular formula is C18H17NO. The molecule has 0 saturated carbocycles. The summed E-state index contributed by atoms with van der Waals surface area (Å²) in [5, 5.41) is 1.15. The van der Waals surface area contributed by atoms with Crippen molar-refractivity contribution in [2.45, 2.75) is 20.5 Å². The highest BCUT2D eigenvalue weighted by Gasteiger charge is 2.05. The number of fused-ring (bicyclic) bond motifs is 1. The first-order valence-corrected chi connectivity index (χ1v) is 6.77. The van der Waals surface area contributed by atoms with Gasteiger partial charge in [0.2, 0.25) is 0 Å². The first-order chi connectivity index (χ1) is 9.75. The Morgan fingerprint density at radius 3 is 2.65 bits per heavy atom. The maximum atomic E-state index is 5.97. The number of benzene rings is 2. The number of aromatic nitrogens is 1. The van der Waals surface area contributed by atoms with Crippen LogP contribution in [0.3, 0.4) is 0 Å². The molecular weight excluding hydrogens is 246 g/mol. The monoisotopic (exact) mass is 263 g/mol. The minimum absolute atomic E-state index is 0.540. The minimum atomic E-state index is 0.540. The second-order valence-electron chi connectivity index (χ2n) is 4.98. The number of para-hydroxylation sites is 1. The van der Waals surface area contributed by atoms with E-state index in [0.717, 1.165) is 22.2 Å². The van der Waals surface area contributed by atoms with E-state index in [9.17, 15) is 0 Å². The topological polar surface area (TPSA) is 22.1 Å². The van der Waals surface area contributed by atoms with Crippen molar-refractivity contribution in [2.24, 2.45) is 0 Å². The summed E-state index contributed by atoms with van der Waals surface area (Å²) in [7, 11) is 0. The molecule has 0 unspecified atom stereocenters. The molecule has 2 aromatic carbocycles. The van der Waals surface area contributed by atoms with Gasteiger partial charge in [-0.15, -0.1) is 0 Å². The molecule has 0 N–H and O–H groups in total. The number of aryl methyl sites for hydroxylation is 1. The molecule has 3 aromatic rings.